The van der Waals surface area contributed by atoms with Crippen LogP contribution in [-0.4, -0.2) is 27.3 Å². The second kappa shape index (κ2) is 5.77. The third-order valence-electron chi connectivity index (χ3n) is 3.60. The van der Waals surface area contributed by atoms with Crippen LogP contribution in [0.1, 0.15) is 16.8 Å². The molecule has 1 aromatic carbocycles. The fraction of sp³-hybridized carbons (Fsp3) is 0.267. The Bertz CT molecular complexity index is 672. The van der Waals surface area contributed by atoms with Crippen LogP contribution in [0.15, 0.2) is 30.7 Å². The molecule has 1 aliphatic rings. The Balaban J connectivity index is 1.76. The van der Waals surface area contributed by atoms with Crippen LogP contribution in [-0.2, 0) is 24.2 Å². The number of halogens is 2. The second-order valence-corrected chi connectivity index (χ2v) is 5.34. The van der Waals surface area contributed by atoms with Crippen LogP contribution < -0.4 is 0 Å². The molecule has 0 radical (unpaired) electrons. The number of rotatable bonds is 2. The second-order valence-electron chi connectivity index (χ2n) is 4.94. The van der Waals surface area contributed by atoms with E-state index in [0.29, 0.717) is 19.5 Å². The lowest BCUT2D eigenvalue weighted by atomic mass is 10.1. The van der Waals surface area contributed by atoms with Crippen LogP contribution in [0.4, 0.5) is 4.39 Å². The Morgan fingerprint density at radius 3 is 3.10 bits per heavy atom. The fourth-order valence-electron chi connectivity index (χ4n) is 2.44. The van der Waals surface area contributed by atoms with E-state index in [1.165, 1.54) is 18.5 Å². The van der Waals surface area contributed by atoms with E-state index in [2.05, 4.69) is 9.97 Å². The molecule has 108 valence electrons. The van der Waals surface area contributed by atoms with Crippen molar-refractivity contribution in [3.63, 3.8) is 0 Å². The zero-order valence-electron chi connectivity index (χ0n) is 11.2. The summed E-state index contributed by atoms with van der Waals surface area (Å²) in [5, 5.41) is 0.282. The van der Waals surface area contributed by atoms with Crippen LogP contribution in [0.25, 0.3) is 0 Å². The number of benzene rings is 1. The highest BCUT2D eigenvalue weighted by atomic mass is 35.5. The molecule has 0 fully saturated rings. The van der Waals surface area contributed by atoms with Crippen molar-refractivity contribution in [2.45, 2.75) is 19.4 Å². The average molecular weight is 306 g/mol. The third-order valence-corrected chi connectivity index (χ3v) is 3.96. The van der Waals surface area contributed by atoms with Crippen molar-refractivity contribution in [3.05, 3.63) is 58.4 Å². The minimum absolute atomic E-state index is 0.0332. The normalized spacial score (nSPS) is 13.9. The van der Waals surface area contributed by atoms with Crippen molar-refractivity contribution in [1.29, 1.82) is 0 Å². The molecule has 4 nitrogen and oxygen atoms in total. The topological polar surface area (TPSA) is 46.1 Å². The highest BCUT2D eigenvalue weighted by molar-refractivity contribution is 6.31. The zero-order valence-corrected chi connectivity index (χ0v) is 12.0. The lowest BCUT2D eigenvalue weighted by Crippen LogP contribution is -2.37. The maximum atomic E-state index is 13.7. The van der Waals surface area contributed by atoms with Gasteiger partial charge in [-0.25, -0.2) is 14.4 Å². The van der Waals surface area contributed by atoms with Crippen molar-refractivity contribution in [2.75, 3.05) is 6.54 Å². The summed E-state index contributed by atoms with van der Waals surface area (Å²) in [6, 6.07) is 4.43. The molecule has 0 saturated carbocycles. The lowest BCUT2D eigenvalue weighted by Gasteiger charge is -2.28. The maximum absolute atomic E-state index is 13.7. The first-order valence-electron chi connectivity index (χ1n) is 6.63. The lowest BCUT2D eigenvalue weighted by molar-refractivity contribution is -0.131. The number of hydrogen-bond acceptors (Lipinski definition) is 3. The highest BCUT2D eigenvalue weighted by Crippen LogP contribution is 2.22. The van der Waals surface area contributed by atoms with Gasteiger partial charge < -0.3 is 4.90 Å². The van der Waals surface area contributed by atoms with Gasteiger partial charge in [0, 0.05) is 41.9 Å². The van der Waals surface area contributed by atoms with Crippen LogP contribution in [0.5, 0.6) is 0 Å². The first-order chi connectivity index (χ1) is 10.1. The molecule has 0 saturated heterocycles. The van der Waals surface area contributed by atoms with Crippen LogP contribution in [0.2, 0.25) is 5.02 Å². The van der Waals surface area contributed by atoms with Crippen molar-refractivity contribution in [1.82, 2.24) is 14.9 Å². The standard InChI is InChI=1S/C15H13ClFN3O/c16-12-2-1-3-13(17)11(12)6-15(21)20-5-4-14-10(8-20)7-18-9-19-14/h1-3,7,9H,4-6,8H2. The summed E-state index contributed by atoms with van der Waals surface area (Å²) in [5.41, 5.74) is 2.16. The van der Waals surface area contributed by atoms with Gasteiger partial charge in [0.2, 0.25) is 5.91 Å². The van der Waals surface area contributed by atoms with E-state index in [9.17, 15) is 9.18 Å². The molecular weight excluding hydrogens is 293 g/mol. The van der Waals surface area contributed by atoms with Crippen LogP contribution in [0, 0.1) is 5.82 Å². The summed E-state index contributed by atoms with van der Waals surface area (Å²) in [6.07, 6.45) is 3.89. The van der Waals surface area contributed by atoms with Gasteiger partial charge in [-0.3, -0.25) is 4.79 Å². The van der Waals surface area contributed by atoms with Gasteiger partial charge in [-0.2, -0.15) is 0 Å². The summed E-state index contributed by atoms with van der Waals surface area (Å²) >= 11 is 5.96. The van der Waals surface area contributed by atoms with E-state index < -0.39 is 5.82 Å². The van der Waals surface area contributed by atoms with Gasteiger partial charge in [0.1, 0.15) is 12.1 Å². The molecule has 0 aliphatic carbocycles. The smallest absolute Gasteiger partial charge is 0.227 e. The van der Waals surface area contributed by atoms with Crippen molar-refractivity contribution < 1.29 is 9.18 Å². The predicted octanol–water partition coefficient (Wildman–Crippen LogP) is 2.40. The quantitative estimate of drug-likeness (QED) is 0.856. The van der Waals surface area contributed by atoms with Gasteiger partial charge in [-0.05, 0) is 12.1 Å². The molecule has 6 heteroatoms. The number of aromatic nitrogens is 2. The molecule has 0 bridgehead atoms. The molecule has 3 rings (SSSR count). The minimum atomic E-state index is -0.448. The molecule has 0 atom stereocenters. The molecule has 0 N–H and O–H groups in total. The molecule has 1 aliphatic heterocycles. The number of hydrogen-bond donors (Lipinski definition) is 0. The van der Waals surface area contributed by atoms with E-state index in [1.54, 1.807) is 17.2 Å². The highest BCUT2D eigenvalue weighted by Gasteiger charge is 2.23. The van der Waals surface area contributed by atoms with Crippen molar-refractivity contribution in [3.8, 4) is 0 Å². The number of fused-ring (bicyclic) bond motifs is 1. The minimum Gasteiger partial charge on any atom is -0.338 e. The van der Waals surface area contributed by atoms with E-state index in [0.717, 1.165) is 11.3 Å². The molecule has 2 heterocycles. The summed E-state index contributed by atoms with van der Waals surface area (Å²) in [5.74, 6) is -0.590. The van der Waals surface area contributed by atoms with E-state index in [1.807, 2.05) is 0 Å². The van der Waals surface area contributed by atoms with Gasteiger partial charge in [0.05, 0.1) is 12.1 Å². The Kier molecular flexibility index (Phi) is 3.84. The van der Waals surface area contributed by atoms with Crippen LogP contribution >= 0.6 is 11.6 Å². The van der Waals surface area contributed by atoms with Crippen molar-refractivity contribution in [2.24, 2.45) is 0 Å². The van der Waals surface area contributed by atoms with Gasteiger partial charge >= 0.3 is 0 Å². The zero-order chi connectivity index (χ0) is 14.8. The summed E-state index contributed by atoms with van der Waals surface area (Å²) in [6.45, 7) is 1.04. The summed E-state index contributed by atoms with van der Waals surface area (Å²) in [4.78, 5) is 22.2. The average Bonchev–Trinajstić information content (AvgIpc) is 2.50. The molecule has 2 aromatic rings. The number of carbonyl (C=O) groups excluding carboxylic acids is 1. The maximum Gasteiger partial charge on any atom is 0.227 e. The Hall–Kier alpha value is -2.01. The molecule has 1 aromatic heterocycles. The van der Waals surface area contributed by atoms with Crippen molar-refractivity contribution >= 4 is 17.5 Å². The van der Waals surface area contributed by atoms with Gasteiger partial charge in [-0.1, -0.05) is 17.7 Å². The molecule has 21 heavy (non-hydrogen) atoms. The first kappa shape index (κ1) is 13.9. The third kappa shape index (κ3) is 2.88. The summed E-state index contributed by atoms with van der Waals surface area (Å²) in [7, 11) is 0. The predicted molar refractivity (Wildman–Crippen MR) is 76.3 cm³/mol. The molecule has 1 amide bonds. The Morgan fingerprint density at radius 1 is 1.43 bits per heavy atom. The molecule has 0 spiro atoms. The van der Waals surface area contributed by atoms with Gasteiger partial charge in [0.15, 0.2) is 0 Å². The Labute approximate surface area is 126 Å². The summed E-state index contributed by atoms with van der Waals surface area (Å²) < 4.78 is 13.7. The number of amides is 1. The van der Waals surface area contributed by atoms with Crippen LogP contribution in [0.3, 0.4) is 0 Å². The molecule has 0 unspecified atom stereocenters. The van der Waals surface area contributed by atoms with Gasteiger partial charge in [-0.15, -0.1) is 0 Å². The van der Waals surface area contributed by atoms with E-state index >= 15 is 0 Å². The first-order valence-corrected chi connectivity index (χ1v) is 7.01. The SMILES string of the molecule is O=C(Cc1c(F)cccc1Cl)N1CCc2ncncc2C1. The monoisotopic (exact) mass is 305 g/mol. The Morgan fingerprint density at radius 2 is 2.29 bits per heavy atom. The number of carbonyl (C=O) groups is 1. The van der Waals surface area contributed by atoms with Gasteiger partial charge in [0.25, 0.3) is 0 Å². The van der Waals surface area contributed by atoms with E-state index in [-0.39, 0.29) is 22.9 Å². The largest absolute Gasteiger partial charge is 0.338 e. The molecular formula is C15H13ClFN3O. The fourth-order valence-corrected chi connectivity index (χ4v) is 2.67. The van der Waals surface area contributed by atoms with E-state index in [4.69, 9.17) is 11.6 Å². The number of nitrogens with zero attached hydrogens (tertiary/aromatic N) is 3.